The third-order valence-corrected chi connectivity index (χ3v) is 4.77. The highest BCUT2D eigenvalue weighted by Crippen LogP contribution is 2.43. The zero-order chi connectivity index (χ0) is 17.6. The van der Waals surface area contributed by atoms with Gasteiger partial charge in [0.05, 0.1) is 18.8 Å². The van der Waals surface area contributed by atoms with Crippen molar-refractivity contribution in [3.8, 4) is 0 Å². The van der Waals surface area contributed by atoms with Gasteiger partial charge < -0.3 is 15.2 Å². The standard InChI is InChI=1S/C18H31NO4/c1-6-12(3)15(11-20)19-16(22)8-9-18(5)17(23-18)13(4)10-14(21)7-2/h8-9,12-13,15,17,20H,6-7,10-11H2,1-5H3,(H,19,22). The Balaban J connectivity index is 2.51. The Morgan fingerprint density at radius 3 is 2.52 bits per heavy atom. The summed E-state index contributed by atoms with van der Waals surface area (Å²) in [7, 11) is 0. The molecule has 5 heteroatoms. The smallest absolute Gasteiger partial charge is 0.244 e. The molecule has 0 aromatic heterocycles. The van der Waals surface area contributed by atoms with Crippen LogP contribution >= 0.6 is 0 Å². The van der Waals surface area contributed by atoms with E-state index in [1.54, 1.807) is 6.08 Å². The molecule has 0 radical (unpaired) electrons. The molecule has 5 atom stereocenters. The maximum absolute atomic E-state index is 12.0. The van der Waals surface area contributed by atoms with Crippen LogP contribution in [-0.2, 0) is 14.3 Å². The average Bonchev–Trinajstić information content (AvgIpc) is 3.22. The molecule has 5 nitrogen and oxygen atoms in total. The van der Waals surface area contributed by atoms with Crippen LogP contribution in [0.3, 0.4) is 0 Å². The number of nitrogens with one attached hydrogen (secondary N) is 1. The van der Waals surface area contributed by atoms with Crippen LogP contribution in [0.2, 0.25) is 0 Å². The Bertz CT molecular complexity index is 448. The molecule has 1 fully saturated rings. The highest BCUT2D eigenvalue weighted by molar-refractivity contribution is 5.88. The van der Waals surface area contributed by atoms with Crippen molar-refractivity contribution < 1.29 is 19.4 Å². The lowest BCUT2D eigenvalue weighted by atomic mass is 9.92. The van der Waals surface area contributed by atoms with Gasteiger partial charge in [-0.3, -0.25) is 9.59 Å². The van der Waals surface area contributed by atoms with Crippen LogP contribution in [0.25, 0.3) is 0 Å². The first-order valence-electron chi connectivity index (χ1n) is 8.57. The van der Waals surface area contributed by atoms with Crippen molar-refractivity contribution in [3.63, 3.8) is 0 Å². The zero-order valence-electron chi connectivity index (χ0n) is 15.0. The lowest BCUT2D eigenvalue weighted by Gasteiger charge is -2.21. The van der Waals surface area contributed by atoms with Crippen LogP contribution in [0.1, 0.15) is 53.9 Å². The van der Waals surface area contributed by atoms with Gasteiger partial charge in [-0.1, -0.05) is 34.1 Å². The van der Waals surface area contributed by atoms with Crippen molar-refractivity contribution in [1.29, 1.82) is 0 Å². The summed E-state index contributed by atoms with van der Waals surface area (Å²) in [5.41, 5.74) is -0.476. The predicted molar refractivity (Wildman–Crippen MR) is 90.0 cm³/mol. The van der Waals surface area contributed by atoms with Crippen LogP contribution in [0.15, 0.2) is 12.2 Å². The number of hydrogen-bond acceptors (Lipinski definition) is 4. The third-order valence-electron chi connectivity index (χ3n) is 4.77. The highest BCUT2D eigenvalue weighted by atomic mass is 16.6. The number of ether oxygens (including phenoxy) is 1. The Morgan fingerprint density at radius 2 is 2.00 bits per heavy atom. The molecule has 5 unspecified atom stereocenters. The molecule has 0 aromatic carbocycles. The number of hydrogen-bond donors (Lipinski definition) is 2. The van der Waals surface area contributed by atoms with E-state index in [4.69, 9.17) is 4.74 Å². The minimum absolute atomic E-state index is 0.0229. The summed E-state index contributed by atoms with van der Waals surface area (Å²) in [5.74, 6) is 0.372. The summed E-state index contributed by atoms with van der Waals surface area (Å²) >= 11 is 0. The minimum Gasteiger partial charge on any atom is -0.394 e. The summed E-state index contributed by atoms with van der Waals surface area (Å²) in [5, 5.41) is 12.2. The van der Waals surface area contributed by atoms with Crippen molar-refractivity contribution in [2.24, 2.45) is 11.8 Å². The van der Waals surface area contributed by atoms with E-state index < -0.39 is 5.60 Å². The second kappa shape index (κ2) is 8.60. The first kappa shape index (κ1) is 19.8. The summed E-state index contributed by atoms with van der Waals surface area (Å²) in [6.07, 6.45) is 5.15. The monoisotopic (exact) mass is 325 g/mol. The largest absolute Gasteiger partial charge is 0.394 e. The van der Waals surface area contributed by atoms with Gasteiger partial charge in [-0.2, -0.15) is 0 Å². The Morgan fingerprint density at radius 1 is 1.35 bits per heavy atom. The second-order valence-corrected chi connectivity index (χ2v) is 6.81. The van der Waals surface area contributed by atoms with E-state index in [1.165, 1.54) is 6.08 Å². The van der Waals surface area contributed by atoms with Crippen LogP contribution in [0.5, 0.6) is 0 Å². The molecule has 0 spiro atoms. The van der Waals surface area contributed by atoms with E-state index in [0.717, 1.165) is 6.42 Å². The molecule has 132 valence electrons. The Labute approximate surface area is 139 Å². The maximum Gasteiger partial charge on any atom is 0.244 e. The van der Waals surface area contributed by atoms with E-state index in [0.29, 0.717) is 12.8 Å². The summed E-state index contributed by atoms with van der Waals surface area (Å²) in [6, 6.07) is -0.234. The number of ketones is 1. The van der Waals surface area contributed by atoms with Crippen molar-refractivity contribution in [1.82, 2.24) is 5.32 Å². The molecule has 1 aliphatic rings. The average molecular weight is 325 g/mol. The molecule has 0 aliphatic carbocycles. The summed E-state index contributed by atoms with van der Waals surface area (Å²) in [6.45, 7) is 9.74. The topological polar surface area (TPSA) is 78.9 Å². The van der Waals surface area contributed by atoms with Crippen LogP contribution in [-0.4, -0.2) is 41.2 Å². The van der Waals surface area contributed by atoms with Crippen molar-refractivity contribution in [2.45, 2.75) is 71.6 Å². The third kappa shape index (κ3) is 5.74. The fourth-order valence-electron chi connectivity index (χ4n) is 2.79. The van der Waals surface area contributed by atoms with E-state index in [9.17, 15) is 14.7 Å². The predicted octanol–water partition coefficient (Wildman–Crippen LogP) is 2.23. The van der Waals surface area contributed by atoms with Gasteiger partial charge in [0.25, 0.3) is 0 Å². The fourth-order valence-corrected chi connectivity index (χ4v) is 2.79. The lowest BCUT2D eigenvalue weighted by Crippen LogP contribution is -2.41. The summed E-state index contributed by atoms with van der Waals surface area (Å²) < 4.78 is 5.69. The van der Waals surface area contributed by atoms with Gasteiger partial charge in [0.2, 0.25) is 5.91 Å². The van der Waals surface area contributed by atoms with Crippen LogP contribution < -0.4 is 5.32 Å². The molecule has 2 N–H and O–H groups in total. The van der Waals surface area contributed by atoms with E-state index in [2.05, 4.69) is 5.32 Å². The second-order valence-electron chi connectivity index (χ2n) is 6.81. The minimum atomic E-state index is -0.476. The number of aliphatic hydroxyl groups is 1. The molecule has 1 heterocycles. The van der Waals surface area contributed by atoms with Gasteiger partial charge in [0.1, 0.15) is 11.4 Å². The zero-order valence-corrected chi connectivity index (χ0v) is 15.0. The summed E-state index contributed by atoms with van der Waals surface area (Å²) in [4.78, 5) is 23.5. The SMILES string of the molecule is CCC(=O)CC(C)C1OC1(C)C=CC(=O)NC(CO)C(C)CC. The molecule has 1 rings (SSSR count). The van der Waals surface area contributed by atoms with E-state index >= 15 is 0 Å². The molecule has 0 aromatic rings. The number of carbonyl (C=O) groups excluding carboxylic acids is 2. The van der Waals surface area contributed by atoms with E-state index in [1.807, 2.05) is 34.6 Å². The van der Waals surface area contributed by atoms with Crippen molar-refractivity contribution in [3.05, 3.63) is 12.2 Å². The Kier molecular flexibility index (Phi) is 7.42. The van der Waals surface area contributed by atoms with Crippen LogP contribution in [0, 0.1) is 11.8 Å². The van der Waals surface area contributed by atoms with Crippen molar-refractivity contribution in [2.75, 3.05) is 6.61 Å². The van der Waals surface area contributed by atoms with Gasteiger partial charge in [-0.05, 0) is 24.8 Å². The number of carbonyl (C=O) groups is 2. The molecule has 1 amide bonds. The molecule has 0 bridgehead atoms. The molecular formula is C18H31NO4. The van der Waals surface area contributed by atoms with Crippen LogP contribution in [0.4, 0.5) is 0 Å². The fraction of sp³-hybridized carbons (Fsp3) is 0.778. The number of amides is 1. The highest BCUT2D eigenvalue weighted by Gasteiger charge is 2.53. The molecule has 1 saturated heterocycles. The van der Waals surface area contributed by atoms with E-state index in [-0.39, 0.29) is 42.3 Å². The quantitative estimate of drug-likeness (QED) is 0.477. The lowest BCUT2D eigenvalue weighted by molar-refractivity contribution is -0.120. The molecular weight excluding hydrogens is 294 g/mol. The molecule has 0 saturated carbocycles. The molecule has 23 heavy (non-hydrogen) atoms. The number of rotatable bonds is 10. The van der Waals surface area contributed by atoms with Gasteiger partial charge in [0, 0.05) is 18.9 Å². The van der Waals surface area contributed by atoms with Crippen molar-refractivity contribution >= 4 is 11.7 Å². The number of Topliss-reactive ketones (excluding diaryl/α,β-unsaturated/α-hetero) is 1. The normalized spacial score (nSPS) is 27.5. The first-order chi connectivity index (χ1) is 10.8. The van der Waals surface area contributed by atoms with Gasteiger partial charge in [-0.15, -0.1) is 0 Å². The van der Waals surface area contributed by atoms with Gasteiger partial charge >= 0.3 is 0 Å². The number of aliphatic hydroxyl groups excluding tert-OH is 1. The molecule has 1 aliphatic heterocycles. The van der Waals surface area contributed by atoms with Gasteiger partial charge in [0.15, 0.2) is 0 Å². The van der Waals surface area contributed by atoms with Gasteiger partial charge in [-0.25, -0.2) is 0 Å². The first-order valence-corrected chi connectivity index (χ1v) is 8.57. The maximum atomic E-state index is 12.0. The Hall–Kier alpha value is -1.20. The number of epoxide rings is 1.